The number of aryl methyl sites for hydroxylation is 1. The number of nitrogens with zero attached hydrogens (tertiary/aromatic N) is 1. The zero-order valence-corrected chi connectivity index (χ0v) is 15.4. The monoisotopic (exact) mass is 373 g/mol. The second-order valence-electron chi connectivity index (χ2n) is 6.92. The molecule has 1 saturated carbocycles. The Bertz CT molecular complexity index is 806. The molecule has 1 aromatic carbocycles. The Hall–Kier alpha value is -2.63. The van der Waals surface area contributed by atoms with Crippen LogP contribution in [0.5, 0.6) is 0 Å². The number of carbonyl (C=O) groups excluding carboxylic acids is 1. The molecule has 1 heterocycles. The van der Waals surface area contributed by atoms with Gasteiger partial charge in [0.2, 0.25) is 0 Å². The van der Waals surface area contributed by atoms with Crippen molar-refractivity contribution in [2.24, 2.45) is 0 Å². The fourth-order valence-corrected chi connectivity index (χ4v) is 3.69. The van der Waals surface area contributed by atoms with Crippen LogP contribution in [0.4, 0.5) is 4.39 Å². The molecule has 1 aromatic heterocycles. The highest BCUT2D eigenvalue weighted by Crippen LogP contribution is 2.27. The van der Waals surface area contributed by atoms with Crippen molar-refractivity contribution in [2.75, 3.05) is 6.54 Å². The maximum Gasteiger partial charge on any atom is 0.339 e. The molecule has 0 atom stereocenters. The highest BCUT2D eigenvalue weighted by Gasteiger charge is 2.30. The third-order valence-corrected chi connectivity index (χ3v) is 5.15. The normalized spacial score (nSPS) is 14.4. The number of carboxylic acids is 1. The van der Waals surface area contributed by atoms with Gasteiger partial charge in [-0.2, -0.15) is 0 Å². The van der Waals surface area contributed by atoms with Crippen LogP contribution in [0.15, 0.2) is 34.7 Å². The van der Waals surface area contributed by atoms with Crippen molar-refractivity contribution in [3.05, 3.63) is 58.8 Å². The van der Waals surface area contributed by atoms with E-state index in [1.807, 2.05) is 0 Å². The summed E-state index contributed by atoms with van der Waals surface area (Å²) in [5.74, 6) is -1.25. The summed E-state index contributed by atoms with van der Waals surface area (Å²) in [6.45, 7) is 2.28. The average Bonchev–Trinajstić information content (AvgIpc) is 3.33. The number of amides is 1. The van der Waals surface area contributed by atoms with Crippen molar-refractivity contribution in [3.63, 3.8) is 0 Å². The van der Waals surface area contributed by atoms with Crippen molar-refractivity contribution in [1.82, 2.24) is 4.90 Å². The lowest BCUT2D eigenvalue weighted by molar-refractivity contribution is 0.0647. The first-order chi connectivity index (χ1) is 13.0. The van der Waals surface area contributed by atoms with E-state index < -0.39 is 5.97 Å². The van der Waals surface area contributed by atoms with Crippen LogP contribution in [0.2, 0.25) is 0 Å². The molecule has 1 fully saturated rings. The molecule has 2 aromatic rings. The number of furan rings is 1. The van der Waals surface area contributed by atoms with E-state index >= 15 is 0 Å². The summed E-state index contributed by atoms with van der Waals surface area (Å²) in [5.41, 5.74) is 0.998. The van der Waals surface area contributed by atoms with E-state index in [4.69, 9.17) is 4.42 Å². The molecule has 0 spiro atoms. The standard InChI is InChI=1S/C21H24FNO4/c1-2-18-17(21(25)26)13-19(27-18)20(24)23(16-5-3-4-6-16)12-11-14-7-9-15(22)10-8-14/h7-10,13,16H,2-6,11-12H2,1H3,(H,25,26). The molecule has 0 bridgehead atoms. The lowest BCUT2D eigenvalue weighted by atomic mass is 10.1. The fraction of sp³-hybridized carbons (Fsp3) is 0.429. The molecule has 6 heteroatoms. The summed E-state index contributed by atoms with van der Waals surface area (Å²) in [6, 6.07) is 7.73. The minimum Gasteiger partial charge on any atom is -0.478 e. The van der Waals surface area contributed by atoms with E-state index in [0.29, 0.717) is 25.1 Å². The molecule has 3 rings (SSSR count). The van der Waals surface area contributed by atoms with Gasteiger partial charge in [-0.25, -0.2) is 9.18 Å². The van der Waals surface area contributed by atoms with Gasteiger partial charge in [-0.05, 0) is 37.0 Å². The van der Waals surface area contributed by atoms with Crippen LogP contribution in [0.3, 0.4) is 0 Å². The van der Waals surface area contributed by atoms with Gasteiger partial charge < -0.3 is 14.4 Å². The molecule has 144 valence electrons. The average molecular weight is 373 g/mol. The fourth-order valence-electron chi connectivity index (χ4n) is 3.69. The number of halogens is 1. The molecular formula is C21H24FNO4. The molecule has 0 saturated heterocycles. The highest BCUT2D eigenvalue weighted by atomic mass is 19.1. The van der Waals surface area contributed by atoms with Crippen LogP contribution in [0.25, 0.3) is 0 Å². The van der Waals surface area contributed by atoms with Gasteiger partial charge in [-0.1, -0.05) is 31.9 Å². The van der Waals surface area contributed by atoms with E-state index in [1.165, 1.54) is 18.2 Å². The Labute approximate surface area is 157 Å². The molecule has 27 heavy (non-hydrogen) atoms. The maximum atomic E-state index is 13.1. The van der Waals surface area contributed by atoms with Crippen LogP contribution >= 0.6 is 0 Å². The number of benzene rings is 1. The Morgan fingerprint density at radius 1 is 1.22 bits per heavy atom. The Kier molecular flexibility index (Phi) is 5.94. The molecule has 1 amide bonds. The molecule has 0 radical (unpaired) electrons. The lowest BCUT2D eigenvalue weighted by Gasteiger charge is -2.28. The first kappa shape index (κ1) is 19.1. The first-order valence-corrected chi connectivity index (χ1v) is 9.41. The van der Waals surface area contributed by atoms with Gasteiger partial charge in [0.25, 0.3) is 5.91 Å². The van der Waals surface area contributed by atoms with Gasteiger partial charge in [0.1, 0.15) is 17.1 Å². The van der Waals surface area contributed by atoms with E-state index in [-0.39, 0.29) is 29.1 Å². The van der Waals surface area contributed by atoms with Crippen molar-refractivity contribution in [2.45, 2.75) is 51.5 Å². The minimum atomic E-state index is -1.09. The van der Waals surface area contributed by atoms with Crippen molar-refractivity contribution in [3.8, 4) is 0 Å². The van der Waals surface area contributed by atoms with Crippen LogP contribution in [0.1, 0.15) is 64.8 Å². The molecule has 1 aliphatic rings. The van der Waals surface area contributed by atoms with Crippen molar-refractivity contribution < 1.29 is 23.5 Å². The summed E-state index contributed by atoms with van der Waals surface area (Å²) in [5, 5.41) is 9.30. The van der Waals surface area contributed by atoms with Gasteiger partial charge in [-0.3, -0.25) is 4.79 Å². The van der Waals surface area contributed by atoms with Gasteiger partial charge in [0.05, 0.1) is 0 Å². The molecular weight excluding hydrogens is 349 g/mol. The van der Waals surface area contributed by atoms with Gasteiger partial charge >= 0.3 is 5.97 Å². The van der Waals surface area contributed by atoms with Crippen LogP contribution < -0.4 is 0 Å². The molecule has 1 aliphatic carbocycles. The lowest BCUT2D eigenvalue weighted by Crippen LogP contribution is -2.40. The number of carbonyl (C=O) groups is 2. The zero-order chi connectivity index (χ0) is 19.4. The Morgan fingerprint density at radius 3 is 2.44 bits per heavy atom. The predicted octanol–water partition coefficient (Wildman–Crippen LogP) is 4.31. The summed E-state index contributed by atoms with van der Waals surface area (Å²) in [7, 11) is 0. The molecule has 0 unspecified atom stereocenters. The van der Waals surface area contributed by atoms with Gasteiger partial charge in [-0.15, -0.1) is 0 Å². The Balaban J connectivity index is 1.80. The van der Waals surface area contributed by atoms with Crippen molar-refractivity contribution in [1.29, 1.82) is 0 Å². The summed E-state index contributed by atoms with van der Waals surface area (Å²) in [6.07, 6.45) is 5.03. The van der Waals surface area contributed by atoms with E-state index in [0.717, 1.165) is 31.2 Å². The number of hydrogen-bond donors (Lipinski definition) is 1. The summed E-state index contributed by atoms with van der Waals surface area (Å²) in [4.78, 5) is 26.2. The predicted molar refractivity (Wildman–Crippen MR) is 98.4 cm³/mol. The SMILES string of the molecule is CCc1oc(C(=O)N(CCc2ccc(F)cc2)C2CCCC2)cc1C(=O)O. The summed E-state index contributed by atoms with van der Waals surface area (Å²) >= 11 is 0. The Morgan fingerprint density at radius 2 is 1.89 bits per heavy atom. The number of aromatic carboxylic acids is 1. The van der Waals surface area contributed by atoms with Gasteiger partial charge in [0, 0.05) is 25.1 Å². The third kappa shape index (κ3) is 4.38. The largest absolute Gasteiger partial charge is 0.478 e. The third-order valence-electron chi connectivity index (χ3n) is 5.15. The second-order valence-corrected chi connectivity index (χ2v) is 6.92. The van der Waals surface area contributed by atoms with Crippen LogP contribution in [-0.2, 0) is 12.8 Å². The smallest absolute Gasteiger partial charge is 0.339 e. The van der Waals surface area contributed by atoms with E-state index in [1.54, 1.807) is 24.0 Å². The maximum absolute atomic E-state index is 13.1. The number of carboxylic acid groups (broad SMARTS) is 1. The number of rotatable bonds is 7. The van der Waals surface area contributed by atoms with E-state index in [9.17, 15) is 19.1 Å². The molecule has 5 nitrogen and oxygen atoms in total. The zero-order valence-electron chi connectivity index (χ0n) is 15.4. The second kappa shape index (κ2) is 8.37. The van der Waals surface area contributed by atoms with Crippen molar-refractivity contribution >= 4 is 11.9 Å². The first-order valence-electron chi connectivity index (χ1n) is 9.41. The highest BCUT2D eigenvalue weighted by molar-refractivity contribution is 5.96. The minimum absolute atomic E-state index is 0.0470. The van der Waals surface area contributed by atoms with E-state index in [2.05, 4.69) is 0 Å². The summed E-state index contributed by atoms with van der Waals surface area (Å²) < 4.78 is 18.7. The molecule has 0 aliphatic heterocycles. The van der Waals surface area contributed by atoms with Crippen LogP contribution in [0, 0.1) is 5.82 Å². The topological polar surface area (TPSA) is 70.8 Å². The van der Waals surface area contributed by atoms with Gasteiger partial charge in [0.15, 0.2) is 5.76 Å². The van der Waals surface area contributed by atoms with Crippen LogP contribution in [-0.4, -0.2) is 34.5 Å². The molecule has 1 N–H and O–H groups in total. The number of hydrogen-bond acceptors (Lipinski definition) is 3. The quantitative estimate of drug-likeness (QED) is 0.785.